The van der Waals surface area contributed by atoms with Crippen LogP contribution in [0.4, 0.5) is 18.9 Å². The summed E-state index contributed by atoms with van der Waals surface area (Å²) in [6, 6.07) is 9.56. The molecule has 1 heterocycles. The highest BCUT2D eigenvalue weighted by atomic mass is 79.9. The van der Waals surface area contributed by atoms with Crippen molar-refractivity contribution in [3.63, 3.8) is 0 Å². The van der Waals surface area contributed by atoms with Crippen LogP contribution in [-0.4, -0.2) is 29.1 Å². The molecule has 0 aliphatic rings. The van der Waals surface area contributed by atoms with E-state index in [9.17, 15) is 28.0 Å². The summed E-state index contributed by atoms with van der Waals surface area (Å²) < 4.78 is 45.2. The van der Waals surface area contributed by atoms with E-state index in [2.05, 4.69) is 26.2 Å². The number of hydrogen-bond donors (Lipinski definition) is 2. The largest absolute Gasteiger partial charge is 0.456 e. The van der Waals surface area contributed by atoms with Crippen molar-refractivity contribution in [3.8, 4) is 11.5 Å². The van der Waals surface area contributed by atoms with Crippen molar-refractivity contribution >= 4 is 45.0 Å². The Labute approximate surface area is 198 Å². The predicted octanol–water partition coefficient (Wildman–Crippen LogP) is 5.70. The van der Waals surface area contributed by atoms with E-state index in [0.717, 1.165) is 12.1 Å². The monoisotopic (exact) mass is 543 g/mol. The van der Waals surface area contributed by atoms with Crippen LogP contribution in [0.5, 0.6) is 11.5 Å². The summed E-state index contributed by atoms with van der Waals surface area (Å²) in [5, 5.41) is 12.2. The third-order valence-electron chi connectivity index (χ3n) is 4.29. The first kappa shape index (κ1) is 24.5. The van der Waals surface area contributed by atoms with E-state index in [4.69, 9.17) is 16.3 Å². The molecule has 3 aromatic rings. The lowest BCUT2D eigenvalue weighted by atomic mass is 10.1. The number of nitrogens with zero attached hydrogens (tertiary/aromatic N) is 2. The number of pyridine rings is 1. The summed E-state index contributed by atoms with van der Waals surface area (Å²) in [5.74, 6) is -0.813. The van der Waals surface area contributed by atoms with Crippen molar-refractivity contribution in [2.45, 2.75) is 6.18 Å². The predicted molar refractivity (Wildman–Crippen MR) is 117 cm³/mol. The lowest BCUT2D eigenvalue weighted by Gasteiger charge is -2.18. The second kappa shape index (κ2) is 9.77. The Bertz CT molecular complexity index is 1220. The minimum Gasteiger partial charge on any atom is -0.456 e. The molecule has 0 bridgehead atoms. The molecule has 7 nitrogen and oxygen atoms in total. The van der Waals surface area contributed by atoms with Gasteiger partial charge in [-0.1, -0.05) is 11.6 Å². The van der Waals surface area contributed by atoms with Crippen LogP contribution in [0.15, 0.2) is 59.2 Å². The molecule has 0 unspecified atom stereocenters. The number of anilines is 1. The molecule has 0 saturated heterocycles. The molecule has 2 aromatic carbocycles. The van der Waals surface area contributed by atoms with E-state index in [1.165, 1.54) is 43.6 Å². The number of nitrogens with one attached hydrogen (secondary N) is 1. The Morgan fingerprint density at radius 2 is 1.88 bits per heavy atom. The molecule has 33 heavy (non-hydrogen) atoms. The maximum Gasteiger partial charge on any atom is 0.417 e. The maximum absolute atomic E-state index is 13.1. The molecular formula is C21H14BrClF3N3O4. The number of alkyl halides is 3. The molecular weight excluding hydrogens is 531 g/mol. The smallest absolute Gasteiger partial charge is 0.417 e. The first-order valence-corrected chi connectivity index (χ1v) is 10.2. The normalized spacial score (nSPS) is 11.1. The van der Waals surface area contributed by atoms with Gasteiger partial charge >= 0.3 is 6.18 Å². The van der Waals surface area contributed by atoms with Gasteiger partial charge in [0.2, 0.25) is 0 Å². The van der Waals surface area contributed by atoms with Crippen LogP contribution in [0.2, 0.25) is 5.02 Å². The van der Waals surface area contributed by atoms with E-state index >= 15 is 0 Å². The Balaban J connectivity index is 1.82. The third-order valence-corrected chi connectivity index (χ3v) is 5.24. The number of carbonyl (C=O) groups excluding carboxylic acids is 2. The van der Waals surface area contributed by atoms with Gasteiger partial charge in [0.15, 0.2) is 0 Å². The SMILES string of the molecule is CNC(=O)c1cc(Oc2ccc(C(=O)N(O)c3ccc(Cl)c(C(F)(F)F)c3)cc2Br)ccn1. The minimum atomic E-state index is -4.76. The molecule has 0 fully saturated rings. The molecule has 0 aliphatic heterocycles. The van der Waals surface area contributed by atoms with Gasteiger partial charge in [-0.3, -0.25) is 19.8 Å². The number of ether oxygens (including phenoxy) is 1. The number of halogens is 5. The van der Waals surface area contributed by atoms with Crippen LogP contribution in [0, 0.1) is 0 Å². The zero-order valence-electron chi connectivity index (χ0n) is 16.7. The molecule has 12 heteroatoms. The fourth-order valence-electron chi connectivity index (χ4n) is 2.67. The molecule has 0 saturated carbocycles. The number of rotatable bonds is 5. The summed E-state index contributed by atoms with van der Waals surface area (Å²) in [5.41, 5.74) is -1.50. The van der Waals surface area contributed by atoms with Crippen LogP contribution >= 0.6 is 27.5 Å². The summed E-state index contributed by atoms with van der Waals surface area (Å²) in [7, 11) is 1.46. The van der Waals surface area contributed by atoms with Crippen molar-refractivity contribution < 1.29 is 32.7 Å². The Morgan fingerprint density at radius 1 is 1.15 bits per heavy atom. The van der Waals surface area contributed by atoms with Gasteiger partial charge in [0.25, 0.3) is 11.8 Å². The van der Waals surface area contributed by atoms with Crippen molar-refractivity contribution in [1.82, 2.24) is 10.3 Å². The highest BCUT2D eigenvalue weighted by molar-refractivity contribution is 9.10. The number of hydroxylamine groups is 1. The van der Waals surface area contributed by atoms with Crippen LogP contribution in [0.3, 0.4) is 0 Å². The zero-order chi connectivity index (χ0) is 24.3. The Kier molecular flexibility index (Phi) is 7.25. The van der Waals surface area contributed by atoms with Gasteiger partial charge in [0.05, 0.1) is 20.7 Å². The highest BCUT2D eigenvalue weighted by Crippen LogP contribution is 2.37. The van der Waals surface area contributed by atoms with Gasteiger partial charge in [-0.2, -0.15) is 18.2 Å². The molecule has 0 aliphatic carbocycles. The number of benzene rings is 2. The van der Waals surface area contributed by atoms with Gasteiger partial charge in [-0.05, 0) is 58.4 Å². The second-order valence-electron chi connectivity index (χ2n) is 6.48. The second-order valence-corrected chi connectivity index (χ2v) is 7.74. The fourth-order valence-corrected chi connectivity index (χ4v) is 3.36. The van der Waals surface area contributed by atoms with E-state index in [0.29, 0.717) is 16.3 Å². The molecule has 2 amide bonds. The quantitative estimate of drug-likeness (QED) is 0.317. The van der Waals surface area contributed by atoms with Crippen molar-refractivity contribution in [1.29, 1.82) is 0 Å². The molecule has 0 atom stereocenters. The Morgan fingerprint density at radius 3 is 2.52 bits per heavy atom. The molecule has 172 valence electrons. The summed E-state index contributed by atoms with van der Waals surface area (Å²) in [4.78, 5) is 28.2. The van der Waals surface area contributed by atoms with Crippen LogP contribution in [-0.2, 0) is 6.18 Å². The topological polar surface area (TPSA) is 91.8 Å². The number of hydrogen-bond acceptors (Lipinski definition) is 5. The van der Waals surface area contributed by atoms with Gasteiger partial charge in [0, 0.05) is 24.9 Å². The van der Waals surface area contributed by atoms with Crippen molar-refractivity contribution in [3.05, 3.63) is 81.0 Å². The average Bonchev–Trinajstić information content (AvgIpc) is 2.78. The number of carbonyl (C=O) groups is 2. The molecule has 3 rings (SSSR count). The van der Waals surface area contributed by atoms with Crippen LogP contribution in [0.25, 0.3) is 0 Å². The van der Waals surface area contributed by atoms with Gasteiger partial charge < -0.3 is 10.1 Å². The summed E-state index contributed by atoms with van der Waals surface area (Å²) >= 11 is 8.82. The molecule has 0 spiro atoms. The number of aromatic nitrogens is 1. The highest BCUT2D eigenvalue weighted by Gasteiger charge is 2.34. The molecule has 0 radical (unpaired) electrons. The summed E-state index contributed by atoms with van der Waals surface area (Å²) in [6.07, 6.45) is -3.37. The van der Waals surface area contributed by atoms with Gasteiger partial charge in [0.1, 0.15) is 17.2 Å². The standard InChI is InChI=1S/C21H14BrClF3N3O4/c1-27-19(30)17-10-13(6-7-28-17)33-18-5-2-11(8-15(18)22)20(31)29(32)12-3-4-16(23)14(9-12)21(24,25)26/h2-10,32H,1H3,(H,27,30). The lowest BCUT2D eigenvalue weighted by Crippen LogP contribution is -2.27. The van der Waals surface area contributed by atoms with Crippen molar-refractivity contribution in [2.75, 3.05) is 12.1 Å². The van der Waals surface area contributed by atoms with E-state index in [-0.39, 0.29) is 22.1 Å². The third kappa shape index (κ3) is 5.62. The molecule has 2 N–H and O–H groups in total. The Hall–Kier alpha value is -3.15. The number of amides is 2. The van der Waals surface area contributed by atoms with Crippen LogP contribution < -0.4 is 15.1 Å². The maximum atomic E-state index is 13.1. The van der Waals surface area contributed by atoms with Gasteiger partial charge in [-0.15, -0.1) is 0 Å². The summed E-state index contributed by atoms with van der Waals surface area (Å²) in [6.45, 7) is 0. The first-order chi connectivity index (χ1) is 15.5. The first-order valence-electron chi connectivity index (χ1n) is 9.07. The fraction of sp³-hybridized carbons (Fsp3) is 0.0952. The van der Waals surface area contributed by atoms with Crippen LogP contribution in [0.1, 0.15) is 26.4 Å². The minimum absolute atomic E-state index is 0.0407. The van der Waals surface area contributed by atoms with Gasteiger partial charge in [-0.25, -0.2) is 0 Å². The molecule has 1 aromatic heterocycles. The zero-order valence-corrected chi connectivity index (χ0v) is 19.0. The van der Waals surface area contributed by atoms with E-state index < -0.39 is 34.3 Å². The van der Waals surface area contributed by atoms with E-state index in [1.54, 1.807) is 0 Å². The van der Waals surface area contributed by atoms with Crippen molar-refractivity contribution in [2.24, 2.45) is 0 Å². The average molecular weight is 545 g/mol. The lowest BCUT2D eigenvalue weighted by molar-refractivity contribution is -0.137. The van der Waals surface area contributed by atoms with E-state index in [1.807, 2.05) is 0 Å².